The number of ether oxygens (including phenoxy) is 3. The van der Waals surface area contributed by atoms with Gasteiger partial charge in [0, 0.05) is 12.5 Å². The molecule has 0 amide bonds. The van der Waals surface area contributed by atoms with Gasteiger partial charge in [-0.3, -0.25) is 4.79 Å². The first kappa shape index (κ1) is 11.2. The molecule has 1 aliphatic rings. The monoisotopic (exact) mass is 234 g/mol. The molecule has 0 saturated heterocycles. The second-order valence-electron chi connectivity index (χ2n) is 3.41. The van der Waals surface area contributed by atoms with E-state index in [0.29, 0.717) is 22.6 Å². The summed E-state index contributed by atoms with van der Waals surface area (Å²) in [7, 11) is 1.44. The minimum Gasteiger partial charge on any atom is -0.503 e. The molecule has 0 spiro atoms. The van der Waals surface area contributed by atoms with Gasteiger partial charge in [0.05, 0.1) is 13.4 Å². The van der Waals surface area contributed by atoms with E-state index < -0.39 is 11.9 Å². The lowest BCUT2D eigenvalue weighted by molar-refractivity contribution is -0.132. The zero-order valence-corrected chi connectivity index (χ0v) is 9.35. The Balaban J connectivity index is 2.42. The Kier molecular flexibility index (Phi) is 2.82. The van der Waals surface area contributed by atoms with Crippen molar-refractivity contribution in [2.45, 2.75) is 6.92 Å². The Labute approximate surface area is 97.6 Å². The number of hydrogen-bond acceptors (Lipinski definition) is 5. The standard InChI is InChI=1S/C12H10O5/c1-7(13)16-8-3-4-11-9(5-8)10(6-15-2)12(14)17-11/h3-6H,1-2H3/b10-6-. The maximum Gasteiger partial charge on any atom is 0.347 e. The fraction of sp³-hybridized carbons (Fsp3) is 0.167. The number of carbonyl (C=O) groups is 2. The second kappa shape index (κ2) is 4.29. The maximum atomic E-state index is 11.5. The van der Waals surface area contributed by atoms with Crippen molar-refractivity contribution in [1.82, 2.24) is 0 Å². The van der Waals surface area contributed by atoms with Crippen molar-refractivity contribution in [3.8, 4) is 11.5 Å². The number of methoxy groups -OCH3 is 1. The van der Waals surface area contributed by atoms with E-state index in [9.17, 15) is 9.59 Å². The average molecular weight is 234 g/mol. The SMILES string of the molecule is CO/C=C1\C(=O)Oc2ccc(OC(C)=O)cc21. The van der Waals surface area contributed by atoms with E-state index in [1.54, 1.807) is 18.2 Å². The molecule has 1 aromatic carbocycles. The predicted molar refractivity (Wildman–Crippen MR) is 58.4 cm³/mol. The molecule has 2 rings (SSSR count). The number of esters is 2. The first-order valence-electron chi connectivity index (χ1n) is 4.90. The van der Waals surface area contributed by atoms with Crippen LogP contribution in [-0.4, -0.2) is 19.0 Å². The highest BCUT2D eigenvalue weighted by Crippen LogP contribution is 2.36. The smallest absolute Gasteiger partial charge is 0.347 e. The highest BCUT2D eigenvalue weighted by Gasteiger charge is 2.28. The molecule has 1 aliphatic heterocycles. The third kappa shape index (κ3) is 2.13. The van der Waals surface area contributed by atoms with Crippen LogP contribution in [0.3, 0.4) is 0 Å². The van der Waals surface area contributed by atoms with Gasteiger partial charge in [0.1, 0.15) is 17.1 Å². The molecular formula is C12H10O5. The van der Waals surface area contributed by atoms with Crippen LogP contribution in [0.2, 0.25) is 0 Å². The fourth-order valence-corrected chi connectivity index (χ4v) is 1.53. The minimum atomic E-state index is -0.484. The van der Waals surface area contributed by atoms with Crippen molar-refractivity contribution in [2.24, 2.45) is 0 Å². The van der Waals surface area contributed by atoms with E-state index in [4.69, 9.17) is 14.2 Å². The van der Waals surface area contributed by atoms with Gasteiger partial charge in [-0.05, 0) is 18.2 Å². The van der Waals surface area contributed by atoms with Gasteiger partial charge in [-0.15, -0.1) is 0 Å². The molecule has 0 radical (unpaired) electrons. The van der Waals surface area contributed by atoms with Crippen LogP contribution in [0, 0.1) is 0 Å². The summed E-state index contributed by atoms with van der Waals surface area (Å²) in [6.07, 6.45) is 1.30. The lowest BCUT2D eigenvalue weighted by Gasteiger charge is -2.02. The largest absolute Gasteiger partial charge is 0.503 e. The second-order valence-corrected chi connectivity index (χ2v) is 3.41. The van der Waals surface area contributed by atoms with Crippen molar-refractivity contribution >= 4 is 17.5 Å². The molecule has 88 valence electrons. The zero-order chi connectivity index (χ0) is 12.4. The van der Waals surface area contributed by atoms with Crippen molar-refractivity contribution in [1.29, 1.82) is 0 Å². The van der Waals surface area contributed by atoms with Gasteiger partial charge in [-0.2, -0.15) is 0 Å². The van der Waals surface area contributed by atoms with Crippen LogP contribution in [0.15, 0.2) is 24.5 Å². The van der Waals surface area contributed by atoms with Crippen LogP contribution in [0.25, 0.3) is 5.57 Å². The molecule has 0 fully saturated rings. The van der Waals surface area contributed by atoms with E-state index in [0.717, 1.165) is 0 Å². The van der Waals surface area contributed by atoms with Crippen molar-refractivity contribution in [3.63, 3.8) is 0 Å². The molecule has 0 bridgehead atoms. The van der Waals surface area contributed by atoms with Crippen LogP contribution >= 0.6 is 0 Å². The quantitative estimate of drug-likeness (QED) is 0.336. The number of fused-ring (bicyclic) bond motifs is 1. The minimum absolute atomic E-state index is 0.302. The van der Waals surface area contributed by atoms with Crippen LogP contribution in [-0.2, 0) is 14.3 Å². The Morgan fingerprint density at radius 2 is 2.18 bits per heavy atom. The molecule has 17 heavy (non-hydrogen) atoms. The lowest BCUT2D eigenvalue weighted by Crippen LogP contribution is -2.01. The molecule has 0 saturated carbocycles. The van der Waals surface area contributed by atoms with E-state index in [-0.39, 0.29) is 0 Å². The molecule has 0 aliphatic carbocycles. The Morgan fingerprint density at radius 1 is 1.41 bits per heavy atom. The highest BCUT2D eigenvalue weighted by atomic mass is 16.5. The Hall–Kier alpha value is -2.30. The van der Waals surface area contributed by atoms with Gasteiger partial charge < -0.3 is 14.2 Å². The first-order chi connectivity index (χ1) is 8.11. The Bertz CT molecular complexity index is 516. The summed E-state index contributed by atoms with van der Waals surface area (Å²) in [5.41, 5.74) is 0.854. The average Bonchev–Trinajstić information content (AvgIpc) is 2.55. The van der Waals surface area contributed by atoms with Crippen molar-refractivity contribution in [3.05, 3.63) is 30.0 Å². The summed E-state index contributed by atoms with van der Waals surface area (Å²) in [6.45, 7) is 1.31. The van der Waals surface area contributed by atoms with Crippen LogP contribution in [0.5, 0.6) is 11.5 Å². The lowest BCUT2D eigenvalue weighted by atomic mass is 10.1. The summed E-state index contributed by atoms with van der Waals surface area (Å²) < 4.78 is 14.7. The molecule has 1 aromatic rings. The van der Waals surface area contributed by atoms with Gasteiger partial charge in [0.25, 0.3) is 0 Å². The number of hydrogen-bond donors (Lipinski definition) is 0. The summed E-state index contributed by atoms with van der Waals surface area (Å²) in [5, 5.41) is 0. The van der Waals surface area contributed by atoms with Crippen LogP contribution < -0.4 is 9.47 Å². The summed E-state index contributed by atoms with van der Waals surface area (Å²) in [4.78, 5) is 22.3. The van der Waals surface area contributed by atoms with Gasteiger partial charge in [0.2, 0.25) is 0 Å². The van der Waals surface area contributed by atoms with E-state index >= 15 is 0 Å². The molecule has 5 heteroatoms. The van der Waals surface area contributed by atoms with Gasteiger partial charge in [-0.1, -0.05) is 0 Å². The third-order valence-electron chi connectivity index (χ3n) is 2.16. The number of rotatable bonds is 2. The third-order valence-corrected chi connectivity index (χ3v) is 2.16. The van der Waals surface area contributed by atoms with Crippen molar-refractivity contribution in [2.75, 3.05) is 7.11 Å². The fourth-order valence-electron chi connectivity index (χ4n) is 1.53. The van der Waals surface area contributed by atoms with Crippen LogP contribution in [0.1, 0.15) is 12.5 Å². The number of benzene rings is 1. The highest BCUT2D eigenvalue weighted by molar-refractivity contribution is 6.21. The summed E-state index contributed by atoms with van der Waals surface area (Å²) >= 11 is 0. The molecule has 0 N–H and O–H groups in total. The molecule has 0 unspecified atom stereocenters. The molecule has 0 atom stereocenters. The van der Waals surface area contributed by atoms with Crippen LogP contribution in [0.4, 0.5) is 0 Å². The molecule has 1 heterocycles. The van der Waals surface area contributed by atoms with E-state index in [1.165, 1.54) is 20.3 Å². The summed E-state index contributed by atoms with van der Waals surface area (Å²) in [6, 6.07) is 4.69. The van der Waals surface area contributed by atoms with Gasteiger partial charge >= 0.3 is 11.9 Å². The van der Waals surface area contributed by atoms with E-state index in [2.05, 4.69) is 0 Å². The van der Waals surface area contributed by atoms with Crippen molar-refractivity contribution < 1.29 is 23.8 Å². The summed E-state index contributed by atoms with van der Waals surface area (Å²) in [5.74, 6) is -0.125. The normalized spacial score (nSPS) is 15.4. The van der Waals surface area contributed by atoms with E-state index in [1.807, 2.05) is 0 Å². The van der Waals surface area contributed by atoms with Gasteiger partial charge in [-0.25, -0.2) is 4.79 Å². The van der Waals surface area contributed by atoms with Gasteiger partial charge in [0.15, 0.2) is 0 Å². The topological polar surface area (TPSA) is 61.8 Å². The maximum absolute atomic E-state index is 11.5. The predicted octanol–water partition coefficient (Wildman–Crippen LogP) is 1.52. The first-order valence-corrected chi connectivity index (χ1v) is 4.90. The molecule has 0 aromatic heterocycles. The molecule has 5 nitrogen and oxygen atoms in total. The zero-order valence-electron chi connectivity index (χ0n) is 9.35. The molecular weight excluding hydrogens is 224 g/mol. The Morgan fingerprint density at radius 3 is 2.82 bits per heavy atom. The number of carbonyl (C=O) groups excluding carboxylic acids is 2.